The predicted octanol–water partition coefficient (Wildman–Crippen LogP) is 1.11. The van der Waals surface area contributed by atoms with E-state index in [2.05, 4.69) is 5.32 Å². The van der Waals surface area contributed by atoms with E-state index in [0.717, 1.165) is 0 Å². The number of benzene rings is 1. The van der Waals surface area contributed by atoms with Crippen LogP contribution in [0.4, 0.5) is 5.69 Å². The highest BCUT2D eigenvalue weighted by molar-refractivity contribution is 5.81. The summed E-state index contributed by atoms with van der Waals surface area (Å²) in [6.07, 6.45) is 0. The van der Waals surface area contributed by atoms with Crippen molar-refractivity contribution in [3.63, 3.8) is 0 Å². The van der Waals surface area contributed by atoms with E-state index in [1.54, 1.807) is 24.3 Å². The number of rotatable bonds is 5. The summed E-state index contributed by atoms with van der Waals surface area (Å²) in [6, 6.07) is 6.82. The van der Waals surface area contributed by atoms with Crippen molar-refractivity contribution >= 4 is 17.6 Å². The molecule has 1 amide bonds. The maximum Gasteiger partial charge on any atom is 0.344 e. The summed E-state index contributed by atoms with van der Waals surface area (Å²) in [4.78, 5) is 22.9. The Kier molecular flexibility index (Phi) is 5.37. The average molecular weight is 280 g/mol. The SMILES string of the molecule is CC(C)(C)NC(=O)COC(=O)COc1ccccc1N. The molecule has 0 radical (unpaired) electrons. The van der Waals surface area contributed by atoms with E-state index in [9.17, 15) is 9.59 Å². The molecule has 0 bridgehead atoms. The lowest BCUT2D eigenvalue weighted by atomic mass is 10.1. The largest absolute Gasteiger partial charge is 0.480 e. The van der Waals surface area contributed by atoms with Gasteiger partial charge in [0.15, 0.2) is 13.2 Å². The molecule has 0 spiro atoms. The molecule has 0 fully saturated rings. The Balaban J connectivity index is 2.31. The Labute approximate surface area is 118 Å². The molecule has 0 saturated carbocycles. The number of para-hydroxylation sites is 2. The Morgan fingerprint density at radius 2 is 1.85 bits per heavy atom. The maximum absolute atomic E-state index is 11.4. The highest BCUT2D eigenvalue weighted by atomic mass is 16.6. The summed E-state index contributed by atoms with van der Waals surface area (Å²) in [5.41, 5.74) is 5.73. The zero-order valence-corrected chi connectivity index (χ0v) is 11.9. The highest BCUT2D eigenvalue weighted by Gasteiger charge is 2.15. The van der Waals surface area contributed by atoms with Crippen LogP contribution < -0.4 is 15.8 Å². The lowest BCUT2D eigenvalue weighted by molar-refractivity contribution is -0.150. The summed E-state index contributed by atoms with van der Waals surface area (Å²) >= 11 is 0. The molecule has 1 rings (SSSR count). The number of esters is 1. The fraction of sp³-hybridized carbons (Fsp3) is 0.429. The van der Waals surface area contributed by atoms with Gasteiger partial charge in [-0.3, -0.25) is 4.79 Å². The monoisotopic (exact) mass is 280 g/mol. The number of nitrogens with two attached hydrogens (primary N) is 1. The smallest absolute Gasteiger partial charge is 0.344 e. The van der Waals surface area contributed by atoms with Gasteiger partial charge in [-0.2, -0.15) is 0 Å². The van der Waals surface area contributed by atoms with Crippen molar-refractivity contribution in [2.75, 3.05) is 18.9 Å². The number of nitrogens with one attached hydrogen (secondary N) is 1. The first kappa shape index (κ1) is 15.8. The van der Waals surface area contributed by atoms with Crippen molar-refractivity contribution < 1.29 is 19.1 Å². The van der Waals surface area contributed by atoms with E-state index < -0.39 is 5.97 Å². The van der Waals surface area contributed by atoms with Crippen LogP contribution in [0.1, 0.15) is 20.8 Å². The molecule has 0 saturated heterocycles. The van der Waals surface area contributed by atoms with Gasteiger partial charge in [-0.25, -0.2) is 4.79 Å². The number of carbonyl (C=O) groups is 2. The number of anilines is 1. The van der Waals surface area contributed by atoms with Crippen LogP contribution in [-0.4, -0.2) is 30.6 Å². The minimum Gasteiger partial charge on any atom is -0.480 e. The van der Waals surface area contributed by atoms with Crippen molar-refractivity contribution in [3.8, 4) is 5.75 Å². The van der Waals surface area contributed by atoms with Crippen LogP contribution in [0.2, 0.25) is 0 Å². The summed E-state index contributed by atoms with van der Waals surface area (Å²) < 4.78 is 10.00. The summed E-state index contributed by atoms with van der Waals surface area (Å²) in [5, 5.41) is 2.68. The Morgan fingerprint density at radius 1 is 1.20 bits per heavy atom. The zero-order chi connectivity index (χ0) is 15.2. The molecule has 0 aliphatic heterocycles. The van der Waals surface area contributed by atoms with Gasteiger partial charge in [-0.15, -0.1) is 0 Å². The normalized spacial score (nSPS) is 10.8. The van der Waals surface area contributed by atoms with E-state index in [1.807, 2.05) is 20.8 Å². The van der Waals surface area contributed by atoms with Crippen LogP contribution in [0, 0.1) is 0 Å². The van der Waals surface area contributed by atoms with Crippen molar-refractivity contribution in [1.82, 2.24) is 5.32 Å². The fourth-order valence-corrected chi connectivity index (χ4v) is 1.39. The maximum atomic E-state index is 11.4. The third kappa shape index (κ3) is 6.08. The van der Waals surface area contributed by atoms with Gasteiger partial charge in [-0.1, -0.05) is 12.1 Å². The molecule has 6 heteroatoms. The van der Waals surface area contributed by atoms with Crippen LogP contribution in [0.15, 0.2) is 24.3 Å². The second-order valence-electron chi connectivity index (χ2n) is 5.29. The first-order valence-corrected chi connectivity index (χ1v) is 6.22. The topological polar surface area (TPSA) is 90.6 Å². The molecule has 3 N–H and O–H groups in total. The molecule has 110 valence electrons. The number of ether oxygens (including phenoxy) is 2. The second kappa shape index (κ2) is 6.79. The molecule has 20 heavy (non-hydrogen) atoms. The number of amides is 1. The van der Waals surface area contributed by atoms with E-state index >= 15 is 0 Å². The molecule has 0 aliphatic carbocycles. The molecular formula is C14H20N2O4. The fourth-order valence-electron chi connectivity index (χ4n) is 1.39. The van der Waals surface area contributed by atoms with Crippen molar-refractivity contribution in [2.45, 2.75) is 26.3 Å². The van der Waals surface area contributed by atoms with Gasteiger partial charge in [-0.05, 0) is 32.9 Å². The van der Waals surface area contributed by atoms with Gasteiger partial charge in [0, 0.05) is 5.54 Å². The van der Waals surface area contributed by atoms with Gasteiger partial charge in [0.1, 0.15) is 5.75 Å². The van der Waals surface area contributed by atoms with Crippen LogP contribution in [0.5, 0.6) is 5.75 Å². The summed E-state index contributed by atoms with van der Waals surface area (Å²) in [7, 11) is 0. The third-order valence-corrected chi connectivity index (χ3v) is 2.14. The predicted molar refractivity (Wildman–Crippen MR) is 75.2 cm³/mol. The van der Waals surface area contributed by atoms with Crippen LogP contribution in [-0.2, 0) is 14.3 Å². The Bertz CT molecular complexity index is 480. The van der Waals surface area contributed by atoms with Crippen LogP contribution in [0.25, 0.3) is 0 Å². The third-order valence-electron chi connectivity index (χ3n) is 2.14. The van der Waals surface area contributed by atoms with Crippen molar-refractivity contribution in [2.24, 2.45) is 0 Å². The minimum atomic E-state index is -0.627. The van der Waals surface area contributed by atoms with E-state index in [-0.39, 0.29) is 24.7 Å². The van der Waals surface area contributed by atoms with E-state index in [1.165, 1.54) is 0 Å². The van der Waals surface area contributed by atoms with E-state index in [4.69, 9.17) is 15.2 Å². The van der Waals surface area contributed by atoms with Gasteiger partial charge in [0.25, 0.3) is 5.91 Å². The number of nitrogen functional groups attached to an aromatic ring is 1. The van der Waals surface area contributed by atoms with Crippen LogP contribution >= 0.6 is 0 Å². The first-order valence-electron chi connectivity index (χ1n) is 6.22. The van der Waals surface area contributed by atoms with Gasteiger partial charge < -0.3 is 20.5 Å². The molecule has 6 nitrogen and oxygen atoms in total. The Morgan fingerprint density at radius 3 is 2.45 bits per heavy atom. The molecule has 0 atom stereocenters. The number of carbonyl (C=O) groups excluding carboxylic acids is 2. The van der Waals surface area contributed by atoms with Crippen molar-refractivity contribution in [3.05, 3.63) is 24.3 Å². The lowest BCUT2D eigenvalue weighted by Gasteiger charge is -2.20. The first-order chi connectivity index (χ1) is 9.28. The lowest BCUT2D eigenvalue weighted by Crippen LogP contribution is -2.43. The average Bonchev–Trinajstić information content (AvgIpc) is 2.33. The molecular weight excluding hydrogens is 260 g/mol. The molecule has 1 aromatic carbocycles. The number of hydrogen-bond donors (Lipinski definition) is 2. The van der Waals surface area contributed by atoms with Crippen molar-refractivity contribution in [1.29, 1.82) is 0 Å². The molecule has 0 heterocycles. The second-order valence-corrected chi connectivity index (χ2v) is 5.29. The van der Waals surface area contributed by atoms with Crippen LogP contribution in [0.3, 0.4) is 0 Å². The molecule has 0 unspecified atom stereocenters. The quantitative estimate of drug-likeness (QED) is 0.622. The molecule has 1 aromatic rings. The molecule has 0 aromatic heterocycles. The minimum absolute atomic E-state index is 0.295. The Hall–Kier alpha value is -2.24. The molecule has 0 aliphatic rings. The van der Waals surface area contributed by atoms with Gasteiger partial charge in [0.2, 0.25) is 0 Å². The van der Waals surface area contributed by atoms with E-state index in [0.29, 0.717) is 11.4 Å². The standard InChI is InChI=1S/C14H20N2O4/c1-14(2,3)16-12(17)8-20-13(18)9-19-11-7-5-4-6-10(11)15/h4-7H,8-9,15H2,1-3H3,(H,16,17). The number of hydrogen-bond acceptors (Lipinski definition) is 5. The zero-order valence-electron chi connectivity index (χ0n) is 11.9. The highest BCUT2D eigenvalue weighted by Crippen LogP contribution is 2.19. The summed E-state index contributed by atoms with van der Waals surface area (Å²) in [5.74, 6) is -0.578. The summed E-state index contributed by atoms with van der Waals surface area (Å²) in [6.45, 7) is 4.90. The van der Waals surface area contributed by atoms with Gasteiger partial charge >= 0.3 is 5.97 Å². The van der Waals surface area contributed by atoms with Gasteiger partial charge in [0.05, 0.1) is 5.69 Å².